The summed E-state index contributed by atoms with van der Waals surface area (Å²) >= 11 is 0. The van der Waals surface area contributed by atoms with Crippen LogP contribution < -0.4 is 14.9 Å². The number of carbonyl (C=O) groups is 1. The Labute approximate surface area is 253 Å². The van der Waals surface area contributed by atoms with Crippen LogP contribution in [-0.2, 0) is 14.3 Å². The minimum Gasteiger partial charge on any atom is -0.507 e. The first-order valence-corrected chi connectivity index (χ1v) is 13.4. The maximum Gasteiger partial charge on any atom is 0.330 e. The first-order valence-electron chi connectivity index (χ1n) is 13.4. The molecule has 0 bridgehead atoms. The van der Waals surface area contributed by atoms with E-state index in [9.17, 15) is 45.3 Å². The number of fused-ring (bicyclic) bond motifs is 1. The molecule has 0 radical (unpaired) electrons. The molecule has 0 saturated carbocycles. The van der Waals surface area contributed by atoms with Crippen molar-refractivity contribution in [3.8, 4) is 45.8 Å². The number of rotatable bonds is 8. The van der Waals surface area contributed by atoms with Crippen LogP contribution >= 0.6 is 0 Å². The SMILES string of the molecule is COc1cc(C=CC(=O)OCC2OC(Oc3cc(O)c4c(=O)cc(-c5ccc(O)c(O)c5)oc4c3)C(O)C(O)C2O)ccc1O. The van der Waals surface area contributed by atoms with Crippen LogP contribution in [0.25, 0.3) is 28.4 Å². The maximum atomic E-state index is 12.8. The highest BCUT2D eigenvalue weighted by atomic mass is 16.7. The van der Waals surface area contributed by atoms with Gasteiger partial charge < -0.3 is 59.1 Å². The molecule has 5 unspecified atom stereocenters. The quantitative estimate of drug-likeness (QED) is 0.0842. The summed E-state index contributed by atoms with van der Waals surface area (Å²) in [6, 6.07) is 11.5. The van der Waals surface area contributed by atoms with Gasteiger partial charge in [-0.2, -0.15) is 0 Å². The fraction of sp³-hybridized carbons (Fsp3) is 0.226. The van der Waals surface area contributed by atoms with E-state index in [1.165, 1.54) is 55.7 Å². The van der Waals surface area contributed by atoms with Gasteiger partial charge in [0.05, 0.1) is 7.11 Å². The zero-order chi connectivity index (χ0) is 32.4. The second-order valence-corrected chi connectivity index (χ2v) is 10.0. The number of hydrogen-bond donors (Lipinski definition) is 7. The summed E-state index contributed by atoms with van der Waals surface area (Å²) in [5, 5.41) is 70.8. The van der Waals surface area contributed by atoms with E-state index in [1.807, 2.05) is 0 Å². The molecule has 7 N–H and O–H groups in total. The second-order valence-electron chi connectivity index (χ2n) is 10.0. The van der Waals surface area contributed by atoms with Gasteiger partial charge in [0, 0.05) is 29.8 Å². The Morgan fingerprint density at radius 1 is 0.867 bits per heavy atom. The van der Waals surface area contributed by atoms with Crippen LogP contribution in [0.4, 0.5) is 0 Å². The smallest absolute Gasteiger partial charge is 0.330 e. The Morgan fingerprint density at radius 3 is 2.36 bits per heavy atom. The Bertz CT molecular complexity index is 1810. The number of esters is 1. The molecule has 1 aliphatic rings. The second kappa shape index (κ2) is 12.8. The van der Waals surface area contributed by atoms with Crippen molar-refractivity contribution in [3.63, 3.8) is 0 Å². The van der Waals surface area contributed by atoms with E-state index in [1.54, 1.807) is 0 Å². The summed E-state index contributed by atoms with van der Waals surface area (Å²) in [5.74, 6) is -2.25. The van der Waals surface area contributed by atoms with Crippen molar-refractivity contribution >= 4 is 23.0 Å². The van der Waals surface area contributed by atoms with E-state index in [2.05, 4.69) is 0 Å². The number of hydrogen-bond acceptors (Lipinski definition) is 14. The number of phenols is 4. The molecule has 1 aromatic heterocycles. The van der Waals surface area contributed by atoms with Crippen molar-refractivity contribution < 1.29 is 63.9 Å². The number of aliphatic hydroxyl groups excluding tert-OH is 3. The van der Waals surface area contributed by atoms with Gasteiger partial charge in [0.1, 0.15) is 59.3 Å². The van der Waals surface area contributed by atoms with Gasteiger partial charge in [0.2, 0.25) is 6.29 Å². The minimum atomic E-state index is -1.78. The third-order valence-electron chi connectivity index (χ3n) is 6.97. The van der Waals surface area contributed by atoms with Gasteiger partial charge in [-0.05, 0) is 42.0 Å². The van der Waals surface area contributed by atoms with Gasteiger partial charge >= 0.3 is 5.97 Å². The summed E-state index contributed by atoms with van der Waals surface area (Å²) in [4.78, 5) is 25.1. The van der Waals surface area contributed by atoms with E-state index in [0.717, 1.165) is 18.2 Å². The van der Waals surface area contributed by atoms with Crippen LogP contribution in [0.3, 0.4) is 0 Å². The fourth-order valence-corrected chi connectivity index (χ4v) is 4.59. The topological polar surface area (TPSA) is 226 Å². The van der Waals surface area contributed by atoms with Crippen molar-refractivity contribution in [1.82, 2.24) is 0 Å². The number of methoxy groups -OCH3 is 1. The molecule has 0 amide bonds. The summed E-state index contributed by atoms with van der Waals surface area (Å²) in [6.07, 6.45) is -5.74. The van der Waals surface area contributed by atoms with Crippen LogP contribution in [0.5, 0.6) is 34.5 Å². The standard InChI is InChI=1S/C31H28O14/c1-41-23-8-14(2-5-18(23)33)3-7-26(37)42-13-25-28(38)29(39)30(40)31(45-25)43-16-10-20(35)27-21(36)12-22(44-24(27)11-16)15-4-6-17(32)19(34)9-15/h2-12,25,28-35,38-40H,13H2,1H3. The highest BCUT2D eigenvalue weighted by molar-refractivity contribution is 5.87. The number of benzene rings is 3. The summed E-state index contributed by atoms with van der Waals surface area (Å²) in [7, 11) is 1.37. The number of phenolic OH excluding ortho intramolecular Hbond substituents is 4. The van der Waals surface area contributed by atoms with E-state index >= 15 is 0 Å². The molecule has 5 rings (SSSR count). The fourth-order valence-electron chi connectivity index (χ4n) is 4.59. The molecule has 5 atom stereocenters. The van der Waals surface area contributed by atoms with Crippen molar-refractivity contribution in [3.05, 3.63) is 76.5 Å². The van der Waals surface area contributed by atoms with Crippen molar-refractivity contribution in [2.45, 2.75) is 30.7 Å². The van der Waals surface area contributed by atoms with Crippen molar-refractivity contribution in [2.75, 3.05) is 13.7 Å². The van der Waals surface area contributed by atoms with Crippen LogP contribution in [0.1, 0.15) is 5.56 Å². The van der Waals surface area contributed by atoms with Crippen LogP contribution in [0.15, 0.2) is 69.9 Å². The Balaban J connectivity index is 1.31. The molecule has 0 aliphatic carbocycles. The monoisotopic (exact) mass is 624 g/mol. The lowest BCUT2D eigenvalue weighted by Gasteiger charge is -2.39. The van der Waals surface area contributed by atoms with Crippen molar-refractivity contribution in [1.29, 1.82) is 0 Å². The van der Waals surface area contributed by atoms with Gasteiger partial charge in [-0.3, -0.25) is 4.79 Å². The van der Waals surface area contributed by atoms with E-state index in [-0.39, 0.29) is 45.3 Å². The highest BCUT2D eigenvalue weighted by Crippen LogP contribution is 2.35. The third kappa shape index (κ3) is 6.63. The van der Waals surface area contributed by atoms with Gasteiger partial charge in [-0.25, -0.2) is 4.79 Å². The largest absolute Gasteiger partial charge is 0.507 e. The molecule has 14 nitrogen and oxygen atoms in total. The minimum absolute atomic E-state index is 0.00711. The predicted octanol–water partition coefficient (Wildman–Crippen LogP) is 1.73. The average Bonchev–Trinajstić information content (AvgIpc) is 3.01. The van der Waals surface area contributed by atoms with E-state index in [0.29, 0.717) is 5.56 Å². The molecular formula is C31H28O14. The van der Waals surface area contributed by atoms with Gasteiger partial charge in [-0.15, -0.1) is 0 Å². The zero-order valence-electron chi connectivity index (χ0n) is 23.4. The first-order chi connectivity index (χ1) is 21.4. The first kappa shape index (κ1) is 31.2. The Hall–Kier alpha value is -5.28. The molecule has 3 aromatic carbocycles. The predicted molar refractivity (Wildman–Crippen MR) is 155 cm³/mol. The molecule has 0 spiro atoms. The molecule has 2 heterocycles. The van der Waals surface area contributed by atoms with Gasteiger partial charge in [0.15, 0.2) is 28.4 Å². The van der Waals surface area contributed by atoms with E-state index in [4.69, 9.17) is 23.4 Å². The summed E-state index contributed by atoms with van der Waals surface area (Å²) in [6.45, 7) is -0.548. The summed E-state index contributed by atoms with van der Waals surface area (Å²) in [5.41, 5.74) is -0.0102. The van der Waals surface area contributed by atoms with Crippen LogP contribution in [0.2, 0.25) is 0 Å². The lowest BCUT2D eigenvalue weighted by molar-refractivity contribution is -0.278. The highest BCUT2D eigenvalue weighted by Gasteiger charge is 2.45. The molecule has 1 saturated heterocycles. The number of aromatic hydroxyl groups is 4. The average molecular weight is 625 g/mol. The van der Waals surface area contributed by atoms with Crippen LogP contribution in [0, 0.1) is 0 Å². The van der Waals surface area contributed by atoms with E-state index < -0.39 is 60.2 Å². The Morgan fingerprint density at radius 2 is 1.62 bits per heavy atom. The number of aliphatic hydroxyl groups is 3. The lowest BCUT2D eigenvalue weighted by Crippen LogP contribution is -2.60. The third-order valence-corrected chi connectivity index (χ3v) is 6.97. The van der Waals surface area contributed by atoms with Crippen molar-refractivity contribution in [2.24, 2.45) is 0 Å². The number of ether oxygens (including phenoxy) is 4. The normalized spacial score (nSPS) is 21.6. The molecular weight excluding hydrogens is 596 g/mol. The maximum absolute atomic E-state index is 12.8. The zero-order valence-corrected chi connectivity index (χ0v) is 23.4. The van der Waals surface area contributed by atoms with Gasteiger partial charge in [-0.1, -0.05) is 6.07 Å². The molecule has 45 heavy (non-hydrogen) atoms. The molecule has 14 heteroatoms. The van der Waals surface area contributed by atoms with Gasteiger partial charge in [0.25, 0.3) is 0 Å². The van der Waals surface area contributed by atoms with Crippen LogP contribution in [-0.4, -0.2) is 86.1 Å². The Kier molecular flexibility index (Phi) is 8.83. The lowest BCUT2D eigenvalue weighted by atomic mass is 9.99. The molecule has 4 aromatic rings. The molecule has 1 aliphatic heterocycles. The molecule has 1 fully saturated rings. The number of carbonyl (C=O) groups excluding carboxylic acids is 1. The molecule has 236 valence electrons. The summed E-state index contributed by atoms with van der Waals surface area (Å²) < 4.78 is 27.1.